The summed E-state index contributed by atoms with van der Waals surface area (Å²) in [5.41, 5.74) is -0.349. The van der Waals surface area contributed by atoms with Crippen LogP contribution in [0.5, 0.6) is 6.01 Å². The molecule has 1 aromatic heterocycles. The zero-order valence-electron chi connectivity index (χ0n) is 11.4. The fourth-order valence-corrected chi connectivity index (χ4v) is 1.56. The van der Waals surface area contributed by atoms with Crippen molar-refractivity contribution in [2.75, 3.05) is 31.2 Å². The molecular weight excluding hydrogens is 249 g/mol. The third-order valence-electron chi connectivity index (χ3n) is 2.28. The summed E-state index contributed by atoms with van der Waals surface area (Å²) in [7, 11) is 0. The summed E-state index contributed by atoms with van der Waals surface area (Å²) < 4.78 is 9.97. The minimum absolute atomic E-state index is 0. The first-order chi connectivity index (χ1) is 8.15. The van der Waals surface area contributed by atoms with Crippen molar-refractivity contribution < 1.29 is 45.3 Å². The normalized spacial score (nSPS) is 14.8. The van der Waals surface area contributed by atoms with E-state index in [0.29, 0.717) is 32.1 Å². The van der Waals surface area contributed by atoms with Crippen LogP contribution in [0.1, 0.15) is 8.35 Å². The van der Waals surface area contributed by atoms with Gasteiger partial charge in [0.25, 0.3) is 5.56 Å². The molecule has 0 spiro atoms. The average molecular weight is 263 g/mol. The van der Waals surface area contributed by atoms with Crippen LogP contribution in [-0.2, 0) is 9.53 Å². The molecule has 0 aromatic carbocycles. The minimum Gasteiger partial charge on any atom is -1.00 e. The molecular formula is C10H14N3NaO4. The molecule has 0 saturated carbocycles. The first-order valence-electron chi connectivity index (χ1n) is 5.27. The molecule has 0 radical (unpaired) electrons. The number of hydrogen-bond donors (Lipinski definition) is 1. The molecule has 0 amide bonds. The van der Waals surface area contributed by atoms with Gasteiger partial charge in [0.1, 0.15) is 5.82 Å². The number of nitrogens with one attached hydrogen (secondary N) is 1. The number of anilines is 1. The van der Waals surface area contributed by atoms with Crippen LogP contribution in [0.4, 0.5) is 5.82 Å². The van der Waals surface area contributed by atoms with Crippen LogP contribution in [0.2, 0.25) is 0 Å². The maximum absolute atomic E-state index is 11.4. The second-order valence-electron chi connectivity index (χ2n) is 3.60. The van der Waals surface area contributed by atoms with Crippen molar-refractivity contribution in [1.82, 2.24) is 9.97 Å². The number of H-pyrrole nitrogens is 1. The molecule has 1 fully saturated rings. The summed E-state index contributed by atoms with van der Waals surface area (Å²) in [5, 5.41) is 0. The summed E-state index contributed by atoms with van der Waals surface area (Å²) in [6.45, 7) is 3.77. The molecule has 18 heavy (non-hydrogen) atoms. The molecule has 0 bridgehead atoms. The number of esters is 1. The van der Waals surface area contributed by atoms with E-state index in [0.717, 1.165) is 0 Å². The third-order valence-corrected chi connectivity index (χ3v) is 2.28. The van der Waals surface area contributed by atoms with E-state index in [-0.39, 0.29) is 42.6 Å². The Hall–Kier alpha value is -0.890. The first kappa shape index (κ1) is 15.2. The third kappa shape index (κ3) is 4.09. The molecule has 8 heteroatoms. The average Bonchev–Trinajstić information content (AvgIpc) is 2.28. The van der Waals surface area contributed by atoms with Crippen LogP contribution in [0.25, 0.3) is 0 Å². The molecule has 7 nitrogen and oxygen atoms in total. The zero-order valence-corrected chi connectivity index (χ0v) is 12.4. The van der Waals surface area contributed by atoms with Gasteiger partial charge in [-0.05, 0) is 0 Å². The van der Waals surface area contributed by atoms with E-state index in [1.807, 2.05) is 4.90 Å². The van der Waals surface area contributed by atoms with Crippen molar-refractivity contribution in [3.8, 4) is 6.01 Å². The van der Waals surface area contributed by atoms with E-state index in [1.54, 1.807) is 0 Å². The Morgan fingerprint density at radius 1 is 1.56 bits per heavy atom. The van der Waals surface area contributed by atoms with Crippen molar-refractivity contribution in [2.45, 2.75) is 6.92 Å². The Labute approximate surface area is 127 Å². The summed E-state index contributed by atoms with van der Waals surface area (Å²) in [4.78, 5) is 30.5. The van der Waals surface area contributed by atoms with Crippen molar-refractivity contribution in [2.24, 2.45) is 0 Å². The molecule has 0 atom stereocenters. The number of ether oxygens (including phenoxy) is 2. The van der Waals surface area contributed by atoms with Crippen LogP contribution < -0.4 is 44.8 Å². The van der Waals surface area contributed by atoms with Gasteiger partial charge in [-0.1, -0.05) is 0 Å². The number of morpholine rings is 1. The fourth-order valence-electron chi connectivity index (χ4n) is 1.56. The monoisotopic (exact) mass is 263 g/mol. The largest absolute Gasteiger partial charge is 1.00 e. The molecule has 94 valence electrons. The van der Waals surface area contributed by atoms with Crippen molar-refractivity contribution in [3.63, 3.8) is 0 Å². The summed E-state index contributed by atoms with van der Waals surface area (Å²) in [6.07, 6.45) is 0. The summed E-state index contributed by atoms with van der Waals surface area (Å²) in [6, 6.07) is 1.30. The standard InChI is InChI=1S/C10H13N3O4.Na.H/c1-7(14)17-10-11-8(6-9(15)12-10)13-2-4-16-5-3-13;;/h6H,2-5H2,1H3,(H,11,12,15);;/q;+1;-1. The fraction of sp³-hybridized carbons (Fsp3) is 0.500. The number of aromatic amines is 1. The van der Waals surface area contributed by atoms with Gasteiger partial charge in [0, 0.05) is 26.1 Å². The Bertz CT molecular complexity index is 476. The quantitative estimate of drug-likeness (QED) is 0.443. The van der Waals surface area contributed by atoms with E-state index in [1.165, 1.54) is 13.0 Å². The molecule has 0 aliphatic carbocycles. The van der Waals surface area contributed by atoms with Crippen LogP contribution in [-0.4, -0.2) is 42.2 Å². The maximum Gasteiger partial charge on any atom is 1.00 e. The molecule has 1 saturated heterocycles. The van der Waals surface area contributed by atoms with Gasteiger partial charge in [0.15, 0.2) is 0 Å². The number of carbonyl (C=O) groups is 1. The molecule has 0 unspecified atom stereocenters. The van der Waals surface area contributed by atoms with E-state index in [4.69, 9.17) is 9.47 Å². The van der Waals surface area contributed by atoms with Gasteiger partial charge in [0.2, 0.25) is 0 Å². The molecule has 2 rings (SSSR count). The van der Waals surface area contributed by atoms with Crippen molar-refractivity contribution >= 4 is 11.8 Å². The van der Waals surface area contributed by atoms with Crippen molar-refractivity contribution in [3.05, 3.63) is 16.4 Å². The van der Waals surface area contributed by atoms with Gasteiger partial charge >= 0.3 is 41.5 Å². The number of aromatic nitrogens is 2. The second-order valence-corrected chi connectivity index (χ2v) is 3.60. The van der Waals surface area contributed by atoms with Gasteiger partial charge in [-0.3, -0.25) is 14.6 Å². The van der Waals surface area contributed by atoms with Crippen LogP contribution in [0.3, 0.4) is 0 Å². The minimum atomic E-state index is -0.521. The van der Waals surface area contributed by atoms with E-state index < -0.39 is 5.97 Å². The maximum atomic E-state index is 11.4. The van der Waals surface area contributed by atoms with Gasteiger partial charge in [0.05, 0.1) is 13.2 Å². The van der Waals surface area contributed by atoms with Crippen LogP contribution in [0.15, 0.2) is 10.9 Å². The molecule has 1 aromatic rings. The van der Waals surface area contributed by atoms with Crippen LogP contribution in [0, 0.1) is 0 Å². The smallest absolute Gasteiger partial charge is 1.00 e. The summed E-state index contributed by atoms with van der Waals surface area (Å²) >= 11 is 0. The molecule has 2 heterocycles. The first-order valence-corrected chi connectivity index (χ1v) is 5.27. The zero-order chi connectivity index (χ0) is 12.3. The predicted octanol–water partition coefficient (Wildman–Crippen LogP) is -3.35. The van der Waals surface area contributed by atoms with Gasteiger partial charge in [-0.25, -0.2) is 0 Å². The van der Waals surface area contributed by atoms with Gasteiger partial charge in [-0.15, -0.1) is 0 Å². The Kier molecular flexibility index (Phi) is 5.80. The summed E-state index contributed by atoms with van der Waals surface area (Å²) in [5.74, 6) is -0.0272. The Balaban J connectivity index is 0.00000162. The van der Waals surface area contributed by atoms with Gasteiger partial charge in [-0.2, -0.15) is 4.98 Å². The molecule has 1 aliphatic heterocycles. The second kappa shape index (κ2) is 6.89. The van der Waals surface area contributed by atoms with E-state index >= 15 is 0 Å². The van der Waals surface area contributed by atoms with Crippen molar-refractivity contribution in [1.29, 1.82) is 0 Å². The Morgan fingerprint density at radius 3 is 2.83 bits per heavy atom. The Morgan fingerprint density at radius 2 is 2.22 bits per heavy atom. The van der Waals surface area contributed by atoms with E-state index in [9.17, 15) is 9.59 Å². The number of carbonyl (C=O) groups excluding carboxylic acids is 1. The number of nitrogens with zero attached hydrogens (tertiary/aromatic N) is 2. The molecule has 1 aliphatic rings. The van der Waals surface area contributed by atoms with Crippen LogP contribution >= 0.6 is 0 Å². The SMILES string of the molecule is CC(=O)Oc1nc(N2CCOCC2)cc(=O)[nH]1.[H-].[Na+]. The topological polar surface area (TPSA) is 84.5 Å². The molecule has 1 N–H and O–H groups in total. The number of rotatable bonds is 2. The number of hydrogen-bond acceptors (Lipinski definition) is 6. The van der Waals surface area contributed by atoms with E-state index in [2.05, 4.69) is 9.97 Å². The van der Waals surface area contributed by atoms with Gasteiger partial charge < -0.3 is 15.8 Å². The predicted molar refractivity (Wildman–Crippen MR) is 60.3 cm³/mol.